The van der Waals surface area contributed by atoms with Gasteiger partial charge in [-0.1, -0.05) is 0 Å². The van der Waals surface area contributed by atoms with Gasteiger partial charge in [0.05, 0.1) is 0 Å². The number of hydrogen-bond donors (Lipinski definition) is 1. The molecule has 1 saturated heterocycles. The maximum atomic E-state index is 3.70. The Morgan fingerprint density at radius 1 is 1.32 bits per heavy atom. The van der Waals surface area contributed by atoms with E-state index in [2.05, 4.69) is 68.2 Å². The quantitative estimate of drug-likeness (QED) is 0.899. The van der Waals surface area contributed by atoms with E-state index in [4.69, 9.17) is 0 Å². The average Bonchev–Trinajstić information content (AvgIpc) is 2.80. The van der Waals surface area contributed by atoms with Crippen LogP contribution < -0.4 is 10.2 Å². The minimum absolute atomic E-state index is 0.589. The number of benzene rings is 1. The predicted molar refractivity (Wildman–Crippen MR) is 84.2 cm³/mol. The lowest BCUT2D eigenvalue weighted by molar-refractivity contribution is 0.274. The second kappa shape index (κ2) is 5.83. The van der Waals surface area contributed by atoms with Gasteiger partial charge in [-0.25, -0.2) is 0 Å². The van der Waals surface area contributed by atoms with E-state index in [9.17, 15) is 0 Å². The molecule has 1 aromatic rings. The number of likely N-dealkylation sites (tertiary alicyclic amines) is 1. The van der Waals surface area contributed by atoms with Gasteiger partial charge in [-0.15, -0.1) is 0 Å². The summed E-state index contributed by atoms with van der Waals surface area (Å²) in [6.45, 7) is 9.11. The van der Waals surface area contributed by atoms with E-state index in [1.54, 1.807) is 0 Å². The number of rotatable bonds is 4. The lowest BCUT2D eigenvalue weighted by Crippen LogP contribution is -2.31. The van der Waals surface area contributed by atoms with Gasteiger partial charge in [-0.05, 0) is 51.0 Å². The number of anilines is 2. The van der Waals surface area contributed by atoms with Crippen LogP contribution >= 0.6 is 0 Å². The van der Waals surface area contributed by atoms with E-state index >= 15 is 0 Å². The van der Waals surface area contributed by atoms with Crippen LogP contribution in [-0.2, 0) is 0 Å². The molecule has 0 radical (unpaired) electrons. The summed E-state index contributed by atoms with van der Waals surface area (Å²) < 4.78 is 0. The van der Waals surface area contributed by atoms with Crippen molar-refractivity contribution in [3.05, 3.63) is 23.8 Å². The van der Waals surface area contributed by atoms with Crippen LogP contribution in [0.2, 0.25) is 0 Å². The number of nitrogens with one attached hydrogen (secondary N) is 1. The van der Waals surface area contributed by atoms with E-state index in [0.29, 0.717) is 12.1 Å². The molecule has 2 rings (SSSR count). The van der Waals surface area contributed by atoms with Crippen molar-refractivity contribution in [1.29, 1.82) is 0 Å². The van der Waals surface area contributed by atoms with E-state index in [-0.39, 0.29) is 0 Å². The van der Waals surface area contributed by atoms with Crippen LogP contribution in [0.4, 0.5) is 11.4 Å². The van der Waals surface area contributed by atoms with Crippen molar-refractivity contribution in [3.63, 3.8) is 0 Å². The molecule has 1 aromatic carbocycles. The van der Waals surface area contributed by atoms with Crippen LogP contribution in [0.5, 0.6) is 0 Å². The summed E-state index contributed by atoms with van der Waals surface area (Å²) in [7, 11) is 4.17. The molecule has 1 heterocycles. The standard InChI is InChI=1S/C16H27N3/c1-12(2)19-9-8-14(11-19)17-16-7-6-15(18(4)5)10-13(16)3/h6-7,10,12,14,17H,8-9,11H2,1-5H3. The van der Waals surface area contributed by atoms with Gasteiger partial charge in [0.1, 0.15) is 0 Å². The summed E-state index contributed by atoms with van der Waals surface area (Å²) >= 11 is 0. The molecule has 1 fully saturated rings. The van der Waals surface area contributed by atoms with Gasteiger partial charge in [0.25, 0.3) is 0 Å². The van der Waals surface area contributed by atoms with Gasteiger partial charge in [0.15, 0.2) is 0 Å². The van der Waals surface area contributed by atoms with Gasteiger partial charge in [-0.2, -0.15) is 0 Å². The molecule has 1 N–H and O–H groups in total. The lowest BCUT2D eigenvalue weighted by Gasteiger charge is -2.22. The number of hydrogen-bond acceptors (Lipinski definition) is 3. The molecule has 0 spiro atoms. The Kier molecular flexibility index (Phi) is 4.35. The topological polar surface area (TPSA) is 18.5 Å². The van der Waals surface area contributed by atoms with Gasteiger partial charge in [0, 0.05) is 50.6 Å². The van der Waals surface area contributed by atoms with Crippen LogP contribution in [0.25, 0.3) is 0 Å². The van der Waals surface area contributed by atoms with Crippen molar-refractivity contribution in [2.24, 2.45) is 0 Å². The molecule has 1 aliphatic rings. The third-order valence-electron chi connectivity index (χ3n) is 4.04. The molecule has 0 bridgehead atoms. The Bertz CT molecular complexity index is 426. The zero-order chi connectivity index (χ0) is 14.0. The zero-order valence-corrected chi connectivity index (χ0v) is 12.9. The van der Waals surface area contributed by atoms with Gasteiger partial charge in [-0.3, -0.25) is 4.90 Å². The largest absolute Gasteiger partial charge is 0.381 e. The smallest absolute Gasteiger partial charge is 0.0400 e. The highest BCUT2D eigenvalue weighted by Gasteiger charge is 2.24. The number of aryl methyl sites for hydroxylation is 1. The summed E-state index contributed by atoms with van der Waals surface area (Å²) in [5.41, 5.74) is 3.87. The van der Waals surface area contributed by atoms with Crippen LogP contribution in [0, 0.1) is 6.92 Å². The zero-order valence-electron chi connectivity index (χ0n) is 12.9. The van der Waals surface area contributed by atoms with Crippen molar-refractivity contribution in [2.75, 3.05) is 37.4 Å². The van der Waals surface area contributed by atoms with Crippen molar-refractivity contribution in [1.82, 2.24) is 4.90 Å². The summed E-state index contributed by atoms with van der Waals surface area (Å²) in [5.74, 6) is 0. The molecule has 0 amide bonds. The van der Waals surface area contributed by atoms with Crippen LogP contribution in [0.1, 0.15) is 25.8 Å². The number of nitrogens with zero attached hydrogens (tertiary/aromatic N) is 2. The molecule has 0 saturated carbocycles. The molecular weight excluding hydrogens is 234 g/mol. The molecule has 19 heavy (non-hydrogen) atoms. The van der Waals surface area contributed by atoms with E-state index < -0.39 is 0 Å². The van der Waals surface area contributed by atoms with E-state index in [1.807, 2.05) is 0 Å². The van der Waals surface area contributed by atoms with Gasteiger partial charge < -0.3 is 10.2 Å². The molecule has 1 aliphatic heterocycles. The third-order valence-corrected chi connectivity index (χ3v) is 4.04. The van der Waals surface area contributed by atoms with Crippen molar-refractivity contribution in [3.8, 4) is 0 Å². The third kappa shape index (κ3) is 3.41. The maximum absolute atomic E-state index is 3.70. The van der Waals surface area contributed by atoms with Gasteiger partial charge in [0.2, 0.25) is 0 Å². The van der Waals surface area contributed by atoms with Crippen molar-refractivity contribution >= 4 is 11.4 Å². The van der Waals surface area contributed by atoms with E-state index in [0.717, 1.165) is 6.54 Å². The summed E-state index contributed by atoms with van der Waals surface area (Å²) in [4.78, 5) is 4.69. The van der Waals surface area contributed by atoms with Crippen LogP contribution in [0.3, 0.4) is 0 Å². The Hall–Kier alpha value is -1.22. The maximum Gasteiger partial charge on any atom is 0.0400 e. The molecule has 3 nitrogen and oxygen atoms in total. The van der Waals surface area contributed by atoms with E-state index in [1.165, 1.54) is 29.9 Å². The first-order chi connectivity index (χ1) is 8.97. The molecule has 1 unspecified atom stereocenters. The Morgan fingerprint density at radius 3 is 2.58 bits per heavy atom. The first kappa shape index (κ1) is 14.2. The summed E-state index contributed by atoms with van der Waals surface area (Å²) in [6.07, 6.45) is 1.24. The average molecular weight is 261 g/mol. The normalized spacial score (nSPS) is 20.0. The summed E-state index contributed by atoms with van der Waals surface area (Å²) in [6, 6.07) is 7.89. The monoisotopic (exact) mass is 261 g/mol. The Balaban J connectivity index is 2.00. The Morgan fingerprint density at radius 2 is 2.05 bits per heavy atom. The first-order valence-corrected chi connectivity index (χ1v) is 7.26. The lowest BCUT2D eigenvalue weighted by atomic mass is 10.1. The highest BCUT2D eigenvalue weighted by molar-refractivity contribution is 5.60. The highest BCUT2D eigenvalue weighted by Crippen LogP contribution is 2.24. The van der Waals surface area contributed by atoms with Crippen LogP contribution in [0.15, 0.2) is 18.2 Å². The highest BCUT2D eigenvalue weighted by atomic mass is 15.2. The minimum Gasteiger partial charge on any atom is -0.381 e. The second-order valence-electron chi connectivity index (χ2n) is 6.11. The summed E-state index contributed by atoms with van der Waals surface area (Å²) in [5, 5.41) is 3.70. The Labute approximate surface area is 117 Å². The fourth-order valence-corrected chi connectivity index (χ4v) is 2.68. The molecule has 3 heteroatoms. The van der Waals surface area contributed by atoms with Crippen LogP contribution in [-0.4, -0.2) is 44.2 Å². The van der Waals surface area contributed by atoms with Crippen molar-refractivity contribution in [2.45, 2.75) is 39.3 Å². The molecule has 1 atom stereocenters. The molecule has 0 aliphatic carbocycles. The fraction of sp³-hybridized carbons (Fsp3) is 0.625. The minimum atomic E-state index is 0.589. The SMILES string of the molecule is Cc1cc(N(C)C)ccc1NC1CCN(C(C)C)C1. The predicted octanol–water partition coefficient (Wildman–Crippen LogP) is 2.96. The van der Waals surface area contributed by atoms with Crippen molar-refractivity contribution < 1.29 is 0 Å². The fourth-order valence-electron chi connectivity index (χ4n) is 2.68. The second-order valence-corrected chi connectivity index (χ2v) is 6.11. The van der Waals surface area contributed by atoms with Gasteiger partial charge >= 0.3 is 0 Å². The molecule has 106 valence electrons. The first-order valence-electron chi connectivity index (χ1n) is 7.26. The molecular formula is C16H27N3. The molecule has 0 aromatic heterocycles.